The minimum Gasteiger partial charge on any atom is -0.444 e. The van der Waals surface area contributed by atoms with E-state index < -0.39 is 12.0 Å². The van der Waals surface area contributed by atoms with E-state index in [0.29, 0.717) is 24.1 Å². The van der Waals surface area contributed by atoms with Gasteiger partial charge in [0.25, 0.3) is 0 Å². The molecule has 0 N–H and O–H groups in total. The third-order valence-corrected chi connectivity index (χ3v) is 5.56. The van der Waals surface area contributed by atoms with E-state index in [2.05, 4.69) is 25.6 Å². The third kappa shape index (κ3) is 5.31. The fourth-order valence-electron chi connectivity index (χ4n) is 3.46. The monoisotopic (exact) mass is 464 g/mol. The van der Waals surface area contributed by atoms with Crippen LogP contribution in [0.2, 0.25) is 0 Å². The third-order valence-electron chi connectivity index (χ3n) is 4.82. The van der Waals surface area contributed by atoms with Crippen LogP contribution in [0.1, 0.15) is 39.2 Å². The number of amides is 1. The van der Waals surface area contributed by atoms with E-state index in [1.54, 1.807) is 6.07 Å². The summed E-state index contributed by atoms with van der Waals surface area (Å²) in [6, 6.07) is 4.27. The molecule has 1 heterocycles. The number of benzene rings is 1. The normalized spacial score (nSPS) is 19.6. The molecule has 0 atom stereocenters. The standard InChI is InChI=1S/C19H24BrF3N2O3/c1-17(2,3)28-16(26)25-9-8-24(12-18(25)6-7-18)11-13-4-5-14(10-15(13)20)27-19(21,22)23/h4-5,10H,6-9,11-12H2,1-3H3. The molecule has 1 aromatic carbocycles. The topological polar surface area (TPSA) is 42.0 Å². The summed E-state index contributed by atoms with van der Waals surface area (Å²) in [5, 5.41) is 0. The van der Waals surface area contributed by atoms with E-state index in [1.807, 2.05) is 25.7 Å². The van der Waals surface area contributed by atoms with Crippen molar-refractivity contribution < 1.29 is 27.4 Å². The Morgan fingerprint density at radius 1 is 1.21 bits per heavy atom. The van der Waals surface area contributed by atoms with Crippen LogP contribution in [0.4, 0.5) is 18.0 Å². The van der Waals surface area contributed by atoms with Gasteiger partial charge in [-0.1, -0.05) is 22.0 Å². The summed E-state index contributed by atoms with van der Waals surface area (Å²) in [4.78, 5) is 16.6. The molecule has 1 saturated carbocycles. The van der Waals surface area contributed by atoms with Gasteiger partial charge >= 0.3 is 12.5 Å². The molecule has 156 valence electrons. The summed E-state index contributed by atoms with van der Waals surface area (Å²) in [5.74, 6) is -0.253. The molecule has 2 fully saturated rings. The first-order valence-electron chi connectivity index (χ1n) is 9.14. The first-order valence-corrected chi connectivity index (χ1v) is 9.93. The molecule has 1 spiro atoms. The molecule has 1 saturated heterocycles. The summed E-state index contributed by atoms with van der Waals surface area (Å²) in [6.45, 7) is 8.10. The number of alkyl halides is 3. The molecule has 1 aliphatic heterocycles. The van der Waals surface area contributed by atoms with Crippen molar-refractivity contribution in [3.8, 4) is 5.75 Å². The number of carbonyl (C=O) groups excluding carboxylic acids is 1. The molecular formula is C19H24BrF3N2O3. The van der Waals surface area contributed by atoms with Crippen LogP contribution in [-0.4, -0.2) is 53.0 Å². The Balaban J connectivity index is 1.63. The highest BCUT2D eigenvalue weighted by molar-refractivity contribution is 9.10. The van der Waals surface area contributed by atoms with Crippen molar-refractivity contribution in [3.63, 3.8) is 0 Å². The lowest BCUT2D eigenvalue weighted by molar-refractivity contribution is -0.274. The summed E-state index contributed by atoms with van der Waals surface area (Å²) < 4.78 is 47.1. The number of nitrogens with zero attached hydrogens (tertiary/aromatic N) is 2. The summed E-state index contributed by atoms with van der Waals surface area (Å²) in [7, 11) is 0. The minimum atomic E-state index is -4.71. The van der Waals surface area contributed by atoms with Gasteiger partial charge in [0.2, 0.25) is 0 Å². The Bertz CT molecular complexity index is 745. The zero-order valence-electron chi connectivity index (χ0n) is 16.1. The molecule has 2 aliphatic rings. The molecule has 0 aromatic heterocycles. The van der Waals surface area contributed by atoms with Crippen LogP contribution in [0, 0.1) is 0 Å². The summed E-state index contributed by atoms with van der Waals surface area (Å²) in [6.07, 6.45) is -3.12. The average molecular weight is 465 g/mol. The molecule has 1 aromatic rings. The largest absolute Gasteiger partial charge is 0.573 e. The predicted octanol–water partition coefficient (Wildman–Crippen LogP) is 4.93. The smallest absolute Gasteiger partial charge is 0.444 e. The zero-order chi connectivity index (χ0) is 20.7. The number of hydrogen-bond donors (Lipinski definition) is 0. The molecule has 5 nitrogen and oxygen atoms in total. The van der Waals surface area contributed by atoms with Gasteiger partial charge in [0.1, 0.15) is 11.4 Å². The number of piperazine rings is 1. The quantitative estimate of drug-likeness (QED) is 0.635. The molecule has 1 amide bonds. The van der Waals surface area contributed by atoms with Gasteiger partial charge in [-0.3, -0.25) is 9.80 Å². The van der Waals surface area contributed by atoms with Gasteiger partial charge in [-0.05, 0) is 51.3 Å². The Morgan fingerprint density at radius 2 is 1.89 bits per heavy atom. The minimum absolute atomic E-state index is 0.188. The van der Waals surface area contributed by atoms with E-state index >= 15 is 0 Å². The predicted molar refractivity (Wildman–Crippen MR) is 101 cm³/mol. The van der Waals surface area contributed by atoms with Gasteiger partial charge in [-0.2, -0.15) is 0 Å². The Kier molecular flexibility index (Phi) is 5.62. The highest BCUT2D eigenvalue weighted by Crippen LogP contribution is 2.45. The second-order valence-corrected chi connectivity index (χ2v) is 9.22. The average Bonchev–Trinajstić information content (AvgIpc) is 3.26. The van der Waals surface area contributed by atoms with Crippen LogP contribution in [0.25, 0.3) is 0 Å². The second-order valence-electron chi connectivity index (χ2n) is 8.37. The van der Waals surface area contributed by atoms with Gasteiger partial charge in [-0.15, -0.1) is 13.2 Å². The molecule has 1 aliphatic carbocycles. The van der Waals surface area contributed by atoms with E-state index in [9.17, 15) is 18.0 Å². The molecule has 28 heavy (non-hydrogen) atoms. The van der Waals surface area contributed by atoms with Crippen LogP contribution in [0.3, 0.4) is 0 Å². The zero-order valence-corrected chi connectivity index (χ0v) is 17.7. The van der Waals surface area contributed by atoms with E-state index in [0.717, 1.165) is 24.9 Å². The van der Waals surface area contributed by atoms with Crippen LogP contribution in [0.5, 0.6) is 5.75 Å². The first-order chi connectivity index (χ1) is 12.9. The van der Waals surface area contributed by atoms with E-state index in [4.69, 9.17) is 4.74 Å². The highest BCUT2D eigenvalue weighted by Gasteiger charge is 2.54. The van der Waals surface area contributed by atoms with Gasteiger partial charge in [-0.25, -0.2) is 4.79 Å². The Morgan fingerprint density at radius 3 is 2.43 bits per heavy atom. The summed E-state index contributed by atoms with van der Waals surface area (Å²) in [5.41, 5.74) is 0.151. The maximum absolute atomic E-state index is 12.5. The Hall–Kier alpha value is -1.48. The van der Waals surface area contributed by atoms with E-state index in [-0.39, 0.29) is 17.4 Å². The van der Waals surface area contributed by atoms with Crippen molar-refractivity contribution in [3.05, 3.63) is 28.2 Å². The molecule has 0 radical (unpaired) electrons. The van der Waals surface area contributed by atoms with Crippen molar-refractivity contribution >= 4 is 22.0 Å². The van der Waals surface area contributed by atoms with Gasteiger partial charge in [0, 0.05) is 30.7 Å². The lowest BCUT2D eigenvalue weighted by atomic mass is 10.1. The maximum Gasteiger partial charge on any atom is 0.573 e. The molecule has 3 rings (SSSR count). The number of rotatable bonds is 3. The van der Waals surface area contributed by atoms with Crippen molar-refractivity contribution in [2.45, 2.75) is 57.7 Å². The number of carbonyl (C=O) groups is 1. The van der Waals surface area contributed by atoms with Crippen molar-refractivity contribution in [1.29, 1.82) is 0 Å². The Labute approximate surface area is 170 Å². The van der Waals surface area contributed by atoms with Crippen LogP contribution in [-0.2, 0) is 11.3 Å². The fraction of sp³-hybridized carbons (Fsp3) is 0.632. The maximum atomic E-state index is 12.5. The van der Waals surface area contributed by atoms with Gasteiger partial charge < -0.3 is 9.47 Å². The van der Waals surface area contributed by atoms with Crippen LogP contribution < -0.4 is 4.74 Å². The lowest BCUT2D eigenvalue weighted by Gasteiger charge is -2.42. The first kappa shape index (κ1) is 21.2. The fourth-order valence-corrected chi connectivity index (χ4v) is 3.95. The second kappa shape index (κ2) is 7.40. The SMILES string of the molecule is CC(C)(C)OC(=O)N1CCN(Cc2ccc(OC(F)(F)F)cc2Br)CC12CC2. The highest BCUT2D eigenvalue weighted by atomic mass is 79.9. The number of ether oxygens (including phenoxy) is 2. The van der Waals surface area contributed by atoms with Crippen LogP contribution >= 0.6 is 15.9 Å². The molecule has 0 bridgehead atoms. The number of halogens is 4. The molecule has 0 unspecified atom stereocenters. The van der Waals surface area contributed by atoms with Crippen molar-refractivity contribution in [1.82, 2.24) is 9.80 Å². The van der Waals surface area contributed by atoms with Crippen molar-refractivity contribution in [2.24, 2.45) is 0 Å². The number of hydrogen-bond acceptors (Lipinski definition) is 4. The molecule has 9 heteroatoms. The lowest BCUT2D eigenvalue weighted by Crippen LogP contribution is -2.57. The molecular weight excluding hydrogens is 441 g/mol. The van der Waals surface area contributed by atoms with E-state index in [1.165, 1.54) is 12.1 Å². The summed E-state index contributed by atoms with van der Waals surface area (Å²) >= 11 is 3.34. The van der Waals surface area contributed by atoms with Crippen molar-refractivity contribution in [2.75, 3.05) is 19.6 Å². The van der Waals surface area contributed by atoms with Gasteiger partial charge in [0.15, 0.2) is 0 Å². The van der Waals surface area contributed by atoms with Gasteiger partial charge in [0.05, 0.1) is 5.54 Å². The van der Waals surface area contributed by atoms with Crippen LogP contribution in [0.15, 0.2) is 22.7 Å².